The van der Waals surface area contributed by atoms with Crippen LogP contribution in [-0.2, 0) is 6.42 Å². The highest BCUT2D eigenvalue weighted by Crippen LogP contribution is 2.34. The summed E-state index contributed by atoms with van der Waals surface area (Å²) in [6, 6.07) is 20.5. The number of H-pyrrole nitrogens is 1. The number of hydrogen-bond donors (Lipinski definition) is 2. The van der Waals surface area contributed by atoms with Crippen LogP contribution >= 0.6 is 11.6 Å². The number of carboxylic acid groups (broad SMARTS) is 1. The zero-order chi connectivity index (χ0) is 22.2. The maximum Gasteiger partial charge on any atom is 0.335 e. The molecule has 162 valence electrons. The molecule has 0 radical (unpaired) electrons. The van der Waals surface area contributed by atoms with Gasteiger partial charge in [0.15, 0.2) is 0 Å². The summed E-state index contributed by atoms with van der Waals surface area (Å²) < 4.78 is 0. The first-order chi connectivity index (χ1) is 15.5. The Kier molecular flexibility index (Phi) is 5.40. The highest BCUT2D eigenvalue weighted by molar-refractivity contribution is 6.34. The zero-order valence-electron chi connectivity index (χ0n) is 18.0. The monoisotopic (exact) mass is 444 g/mol. The standard InChI is InChI=1S/C27H25ClN2O2/c1-17-4-5-18(13-23(17)27(31)32)12-21-14-20-15-24(25(28)16-26(20)29-21)19-6-8-22(9-7-19)30-10-2-3-11-30/h4-9,13-16,29H,2-3,10-12H2,1H3,(H,31,32). The van der Waals surface area contributed by atoms with Crippen LogP contribution in [0, 0.1) is 6.92 Å². The lowest BCUT2D eigenvalue weighted by molar-refractivity contribution is 0.0696. The lowest BCUT2D eigenvalue weighted by atomic mass is 10.0. The van der Waals surface area contributed by atoms with Crippen molar-refractivity contribution in [2.45, 2.75) is 26.2 Å². The van der Waals surface area contributed by atoms with Crippen LogP contribution in [0.4, 0.5) is 5.69 Å². The molecule has 1 aliphatic heterocycles. The molecule has 0 amide bonds. The predicted molar refractivity (Wildman–Crippen MR) is 131 cm³/mol. The van der Waals surface area contributed by atoms with Crippen LogP contribution < -0.4 is 4.90 Å². The quantitative estimate of drug-likeness (QED) is 0.360. The van der Waals surface area contributed by atoms with Gasteiger partial charge in [0.2, 0.25) is 0 Å². The third-order valence-corrected chi connectivity index (χ3v) is 6.65. The third-order valence-electron chi connectivity index (χ3n) is 6.34. The van der Waals surface area contributed by atoms with E-state index in [9.17, 15) is 9.90 Å². The lowest BCUT2D eigenvalue weighted by Crippen LogP contribution is -2.17. The number of aryl methyl sites for hydroxylation is 1. The van der Waals surface area contributed by atoms with E-state index in [1.165, 1.54) is 18.5 Å². The van der Waals surface area contributed by atoms with Crippen molar-refractivity contribution >= 4 is 34.2 Å². The van der Waals surface area contributed by atoms with Gasteiger partial charge in [0.25, 0.3) is 0 Å². The molecule has 1 saturated heterocycles. The average molecular weight is 445 g/mol. The largest absolute Gasteiger partial charge is 0.478 e. The van der Waals surface area contributed by atoms with Gasteiger partial charge in [-0.1, -0.05) is 35.9 Å². The van der Waals surface area contributed by atoms with Gasteiger partial charge >= 0.3 is 5.97 Å². The third kappa shape index (κ3) is 3.98. The second kappa shape index (κ2) is 8.36. The maximum atomic E-state index is 11.4. The highest BCUT2D eigenvalue weighted by Gasteiger charge is 2.14. The summed E-state index contributed by atoms with van der Waals surface area (Å²) in [6.45, 7) is 4.08. The summed E-state index contributed by atoms with van der Waals surface area (Å²) in [5.74, 6) is -0.895. The number of hydrogen-bond acceptors (Lipinski definition) is 2. The number of rotatable bonds is 5. The molecule has 4 nitrogen and oxygen atoms in total. The fourth-order valence-electron chi connectivity index (χ4n) is 4.59. The number of carbonyl (C=O) groups is 1. The number of aromatic amines is 1. The second-order valence-corrected chi connectivity index (χ2v) is 8.99. The topological polar surface area (TPSA) is 56.3 Å². The van der Waals surface area contributed by atoms with Crippen molar-refractivity contribution in [2.75, 3.05) is 18.0 Å². The van der Waals surface area contributed by atoms with Crippen LogP contribution in [0.3, 0.4) is 0 Å². The Labute approximate surface area is 192 Å². The van der Waals surface area contributed by atoms with E-state index in [4.69, 9.17) is 11.6 Å². The van der Waals surface area contributed by atoms with E-state index >= 15 is 0 Å². The van der Waals surface area contributed by atoms with Crippen molar-refractivity contribution in [3.8, 4) is 11.1 Å². The van der Waals surface area contributed by atoms with Crippen LogP contribution in [0.25, 0.3) is 22.0 Å². The van der Waals surface area contributed by atoms with Crippen LogP contribution in [-0.4, -0.2) is 29.1 Å². The van der Waals surface area contributed by atoms with E-state index in [2.05, 4.69) is 46.3 Å². The van der Waals surface area contributed by atoms with E-state index in [0.29, 0.717) is 17.0 Å². The number of nitrogens with one attached hydrogen (secondary N) is 1. The number of aromatic carboxylic acids is 1. The Morgan fingerprint density at radius 1 is 1.03 bits per heavy atom. The van der Waals surface area contributed by atoms with Crippen molar-refractivity contribution in [2.24, 2.45) is 0 Å². The fourth-order valence-corrected chi connectivity index (χ4v) is 4.86. The summed E-state index contributed by atoms with van der Waals surface area (Å²) in [6.07, 6.45) is 3.16. The molecule has 0 aliphatic carbocycles. The summed E-state index contributed by atoms with van der Waals surface area (Å²) in [5.41, 5.74) is 7.47. The minimum Gasteiger partial charge on any atom is -0.478 e. The molecule has 0 atom stereocenters. The number of halogens is 1. The molecule has 32 heavy (non-hydrogen) atoms. The Balaban J connectivity index is 1.43. The molecule has 3 aromatic carbocycles. The van der Waals surface area contributed by atoms with Crippen LogP contribution in [0.5, 0.6) is 0 Å². The van der Waals surface area contributed by atoms with E-state index in [1.54, 1.807) is 6.07 Å². The number of nitrogens with zero attached hydrogens (tertiary/aromatic N) is 1. The Hall–Kier alpha value is -3.24. The average Bonchev–Trinajstić information content (AvgIpc) is 3.44. The Morgan fingerprint density at radius 2 is 1.78 bits per heavy atom. The molecule has 1 fully saturated rings. The minimum atomic E-state index is -0.895. The van der Waals surface area contributed by atoms with Gasteiger partial charge in [-0.05, 0) is 72.9 Å². The molecule has 0 bridgehead atoms. The number of fused-ring (bicyclic) bond motifs is 1. The van der Waals surface area contributed by atoms with Gasteiger partial charge < -0.3 is 15.0 Å². The zero-order valence-corrected chi connectivity index (χ0v) is 18.7. The summed E-state index contributed by atoms with van der Waals surface area (Å²) in [5, 5.41) is 11.2. The van der Waals surface area contributed by atoms with E-state index < -0.39 is 5.97 Å². The van der Waals surface area contributed by atoms with Crippen molar-refractivity contribution in [3.63, 3.8) is 0 Å². The molecule has 2 heterocycles. The lowest BCUT2D eigenvalue weighted by Gasteiger charge is -2.18. The number of aromatic nitrogens is 1. The molecule has 5 rings (SSSR count). The molecular formula is C27H25ClN2O2. The van der Waals surface area contributed by atoms with Gasteiger partial charge in [-0.2, -0.15) is 0 Å². The second-order valence-electron chi connectivity index (χ2n) is 8.59. The molecule has 5 heteroatoms. The van der Waals surface area contributed by atoms with Gasteiger partial charge in [0.05, 0.1) is 10.6 Å². The van der Waals surface area contributed by atoms with Crippen molar-refractivity contribution < 1.29 is 9.90 Å². The molecule has 1 aromatic heterocycles. The molecule has 4 aromatic rings. The Bertz CT molecular complexity index is 1300. The minimum absolute atomic E-state index is 0.348. The van der Waals surface area contributed by atoms with Gasteiger partial charge in [-0.25, -0.2) is 4.79 Å². The van der Waals surface area contributed by atoms with E-state index in [1.807, 2.05) is 25.1 Å². The fraction of sp³-hybridized carbons (Fsp3) is 0.222. The van der Waals surface area contributed by atoms with Crippen LogP contribution in [0.1, 0.15) is 40.0 Å². The number of benzene rings is 3. The first kappa shape index (κ1) is 20.7. The molecule has 0 spiro atoms. The first-order valence-electron chi connectivity index (χ1n) is 11.0. The molecule has 1 aliphatic rings. The maximum absolute atomic E-state index is 11.4. The summed E-state index contributed by atoms with van der Waals surface area (Å²) in [4.78, 5) is 17.3. The van der Waals surface area contributed by atoms with Gasteiger partial charge in [-0.3, -0.25) is 0 Å². The molecule has 0 unspecified atom stereocenters. The normalized spacial score (nSPS) is 13.8. The summed E-state index contributed by atoms with van der Waals surface area (Å²) >= 11 is 6.65. The predicted octanol–water partition coefficient (Wildman–Crippen LogP) is 6.69. The van der Waals surface area contributed by atoms with Gasteiger partial charge in [-0.15, -0.1) is 0 Å². The molecule has 2 N–H and O–H groups in total. The summed E-state index contributed by atoms with van der Waals surface area (Å²) in [7, 11) is 0. The number of carboxylic acids is 1. The van der Waals surface area contributed by atoms with Gasteiger partial charge in [0.1, 0.15) is 0 Å². The van der Waals surface area contributed by atoms with Crippen molar-refractivity contribution in [1.29, 1.82) is 0 Å². The van der Waals surface area contributed by atoms with Crippen molar-refractivity contribution in [3.05, 3.63) is 88.1 Å². The van der Waals surface area contributed by atoms with Crippen LogP contribution in [0.15, 0.2) is 60.7 Å². The van der Waals surface area contributed by atoms with Crippen LogP contribution in [0.2, 0.25) is 5.02 Å². The highest BCUT2D eigenvalue weighted by atomic mass is 35.5. The van der Waals surface area contributed by atoms with Crippen molar-refractivity contribution in [1.82, 2.24) is 4.98 Å². The van der Waals surface area contributed by atoms with E-state index in [-0.39, 0.29) is 0 Å². The van der Waals surface area contributed by atoms with E-state index in [0.717, 1.165) is 51.9 Å². The first-order valence-corrected chi connectivity index (χ1v) is 11.3. The Morgan fingerprint density at radius 3 is 2.50 bits per heavy atom. The smallest absolute Gasteiger partial charge is 0.335 e. The SMILES string of the molecule is Cc1ccc(Cc2cc3cc(-c4ccc(N5CCCC5)cc4)c(Cl)cc3[nH]2)cc1C(=O)O. The molecular weight excluding hydrogens is 420 g/mol. The number of anilines is 1. The van der Waals surface area contributed by atoms with Gasteiger partial charge in [0, 0.05) is 47.4 Å². The molecule has 0 saturated carbocycles.